The van der Waals surface area contributed by atoms with Crippen LogP contribution in [0.4, 0.5) is 4.39 Å². The van der Waals surface area contributed by atoms with Crippen molar-refractivity contribution in [3.63, 3.8) is 0 Å². The van der Waals surface area contributed by atoms with E-state index >= 15 is 0 Å². The number of nitrogens with one attached hydrogen (secondary N) is 1. The van der Waals surface area contributed by atoms with Crippen molar-refractivity contribution in [1.29, 1.82) is 0 Å². The number of carbonyl (C=O) groups excluding carboxylic acids is 2. The molecule has 0 radical (unpaired) electrons. The molecule has 2 rings (SSSR count). The van der Waals surface area contributed by atoms with E-state index in [1.54, 1.807) is 0 Å². The number of ether oxygens (including phenoxy) is 1. The number of carbonyl (C=O) groups is 2. The molecule has 2 heterocycles. The van der Waals surface area contributed by atoms with Crippen LogP contribution in [-0.2, 0) is 14.3 Å². The van der Waals surface area contributed by atoms with Crippen LogP contribution in [-0.4, -0.2) is 55.2 Å². The molecule has 0 aromatic rings. The van der Waals surface area contributed by atoms with Gasteiger partial charge in [0.25, 0.3) is 0 Å². The van der Waals surface area contributed by atoms with Crippen LogP contribution in [0, 0.1) is 0 Å². The SMILES string of the molecule is CO[C@H]1CCN(C(=O)C2CCC(=O)N2)C[C@H]1F. The number of hydrogen-bond acceptors (Lipinski definition) is 3. The van der Waals surface area contributed by atoms with E-state index in [1.165, 1.54) is 12.0 Å². The third kappa shape index (κ3) is 2.57. The Morgan fingerprint density at radius 3 is 2.82 bits per heavy atom. The van der Waals surface area contributed by atoms with Gasteiger partial charge in [-0.15, -0.1) is 0 Å². The second-order valence-electron chi connectivity index (χ2n) is 4.52. The molecule has 5 nitrogen and oxygen atoms in total. The van der Waals surface area contributed by atoms with Gasteiger partial charge in [-0.1, -0.05) is 0 Å². The van der Waals surface area contributed by atoms with Crippen molar-refractivity contribution in [1.82, 2.24) is 10.2 Å². The first-order chi connectivity index (χ1) is 8.11. The van der Waals surface area contributed by atoms with Crippen LogP contribution in [0.2, 0.25) is 0 Å². The van der Waals surface area contributed by atoms with E-state index in [0.717, 1.165) is 0 Å². The molecule has 6 heteroatoms. The molecule has 0 spiro atoms. The van der Waals surface area contributed by atoms with Crippen LogP contribution in [0.1, 0.15) is 19.3 Å². The molecular formula is C11H17FN2O3. The molecule has 0 aliphatic carbocycles. The van der Waals surface area contributed by atoms with Gasteiger partial charge in [-0.05, 0) is 12.8 Å². The molecule has 1 N–H and O–H groups in total. The summed E-state index contributed by atoms with van der Waals surface area (Å²) in [7, 11) is 1.48. The smallest absolute Gasteiger partial charge is 0.245 e. The topological polar surface area (TPSA) is 58.6 Å². The van der Waals surface area contributed by atoms with Gasteiger partial charge < -0.3 is 15.0 Å². The molecule has 0 bridgehead atoms. The summed E-state index contributed by atoms with van der Waals surface area (Å²) >= 11 is 0. The highest BCUT2D eigenvalue weighted by atomic mass is 19.1. The third-order valence-electron chi connectivity index (χ3n) is 3.39. The Kier molecular flexibility index (Phi) is 3.61. The van der Waals surface area contributed by atoms with Crippen molar-refractivity contribution < 1.29 is 18.7 Å². The van der Waals surface area contributed by atoms with Crippen LogP contribution < -0.4 is 5.32 Å². The molecule has 2 amide bonds. The molecule has 2 fully saturated rings. The zero-order valence-corrected chi connectivity index (χ0v) is 9.82. The Morgan fingerprint density at radius 2 is 2.29 bits per heavy atom. The lowest BCUT2D eigenvalue weighted by molar-refractivity contribution is -0.139. The average molecular weight is 244 g/mol. The second-order valence-corrected chi connectivity index (χ2v) is 4.52. The predicted molar refractivity (Wildman–Crippen MR) is 58.1 cm³/mol. The first-order valence-corrected chi connectivity index (χ1v) is 5.87. The van der Waals surface area contributed by atoms with E-state index in [-0.39, 0.29) is 18.4 Å². The molecule has 0 aromatic carbocycles. The maximum absolute atomic E-state index is 13.6. The number of amides is 2. The summed E-state index contributed by atoms with van der Waals surface area (Å²) in [6.07, 6.45) is -0.167. The summed E-state index contributed by atoms with van der Waals surface area (Å²) in [4.78, 5) is 24.5. The first-order valence-electron chi connectivity index (χ1n) is 5.87. The van der Waals surface area contributed by atoms with Crippen molar-refractivity contribution in [2.75, 3.05) is 20.2 Å². The van der Waals surface area contributed by atoms with Gasteiger partial charge in [0.05, 0.1) is 12.6 Å². The molecule has 0 aromatic heterocycles. The molecule has 3 atom stereocenters. The predicted octanol–water partition coefficient (Wildman–Crippen LogP) is -0.150. The largest absolute Gasteiger partial charge is 0.378 e. The lowest BCUT2D eigenvalue weighted by atomic mass is 10.0. The van der Waals surface area contributed by atoms with E-state index in [0.29, 0.717) is 25.8 Å². The monoisotopic (exact) mass is 244 g/mol. The number of nitrogens with zero attached hydrogens (tertiary/aromatic N) is 1. The van der Waals surface area contributed by atoms with Gasteiger partial charge in [-0.3, -0.25) is 9.59 Å². The summed E-state index contributed by atoms with van der Waals surface area (Å²) in [6.45, 7) is 0.549. The van der Waals surface area contributed by atoms with Gasteiger partial charge in [-0.25, -0.2) is 4.39 Å². The summed E-state index contributed by atoms with van der Waals surface area (Å²) in [6, 6.07) is -0.464. The standard InChI is InChI=1S/C11H17FN2O3/c1-17-9-4-5-14(6-7(9)12)11(16)8-2-3-10(15)13-8/h7-9H,2-6H2,1H3,(H,13,15)/t7-,8?,9+/m1/s1. The minimum atomic E-state index is -1.14. The highest BCUT2D eigenvalue weighted by molar-refractivity contribution is 5.90. The summed E-state index contributed by atoms with van der Waals surface area (Å²) < 4.78 is 18.6. The van der Waals surface area contributed by atoms with Crippen molar-refractivity contribution in [2.45, 2.75) is 37.6 Å². The highest BCUT2D eigenvalue weighted by Crippen LogP contribution is 2.19. The number of likely N-dealkylation sites (tertiary alicyclic amines) is 1. The van der Waals surface area contributed by atoms with E-state index in [2.05, 4.69) is 5.32 Å². The van der Waals surface area contributed by atoms with Gasteiger partial charge >= 0.3 is 0 Å². The molecule has 2 aliphatic heterocycles. The van der Waals surface area contributed by atoms with Crippen molar-refractivity contribution in [3.8, 4) is 0 Å². The molecule has 0 saturated carbocycles. The summed E-state index contributed by atoms with van der Waals surface area (Å²) in [5.74, 6) is -0.278. The maximum Gasteiger partial charge on any atom is 0.245 e. The van der Waals surface area contributed by atoms with Gasteiger partial charge in [-0.2, -0.15) is 0 Å². The molecule has 2 saturated heterocycles. The number of rotatable bonds is 2. The molecular weight excluding hydrogens is 227 g/mol. The lowest BCUT2D eigenvalue weighted by Gasteiger charge is -2.35. The molecule has 2 aliphatic rings. The van der Waals surface area contributed by atoms with Gasteiger partial charge in [0.15, 0.2) is 0 Å². The normalized spacial score (nSPS) is 33.6. The van der Waals surface area contributed by atoms with Crippen molar-refractivity contribution >= 4 is 11.8 Å². The Labute approximate surface area is 99.3 Å². The van der Waals surface area contributed by atoms with E-state index < -0.39 is 18.3 Å². The molecule has 17 heavy (non-hydrogen) atoms. The van der Waals surface area contributed by atoms with Crippen LogP contribution in [0.5, 0.6) is 0 Å². The number of hydrogen-bond donors (Lipinski definition) is 1. The van der Waals surface area contributed by atoms with Crippen LogP contribution in [0.3, 0.4) is 0 Å². The highest BCUT2D eigenvalue weighted by Gasteiger charge is 2.36. The first kappa shape index (κ1) is 12.3. The van der Waals surface area contributed by atoms with E-state index in [1.807, 2.05) is 0 Å². The van der Waals surface area contributed by atoms with E-state index in [9.17, 15) is 14.0 Å². The number of methoxy groups -OCH3 is 1. The quantitative estimate of drug-likeness (QED) is 0.735. The van der Waals surface area contributed by atoms with Crippen molar-refractivity contribution in [2.24, 2.45) is 0 Å². The Hall–Kier alpha value is -1.17. The zero-order chi connectivity index (χ0) is 12.4. The third-order valence-corrected chi connectivity index (χ3v) is 3.39. The Morgan fingerprint density at radius 1 is 1.53 bits per heavy atom. The van der Waals surface area contributed by atoms with E-state index in [4.69, 9.17) is 4.74 Å². The minimum absolute atomic E-state index is 0.0592. The fourth-order valence-electron chi connectivity index (χ4n) is 2.37. The average Bonchev–Trinajstić information content (AvgIpc) is 2.75. The molecule has 1 unspecified atom stereocenters. The van der Waals surface area contributed by atoms with Crippen molar-refractivity contribution in [3.05, 3.63) is 0 Å². The zero-order valence-electron chi connectivity index (χ0n) is 9.82. The van der Waals surface area contributed by atoms with Gasteiger partial charge in [0, 0.05) is 20.1 Å². The molecule has 96 valence electrons. The minimum Gasteiger partial charge on any atom is -0.378 e. The number of halogens is 1. The van der Waals surface area contributed by atoms with Gasteiger partial charge in [0.2, 0.25) is 11.8 Å². The Bertz CT molecular complexity index is 324. The summed E-state index contributed by atoms with van der Waals surface area (Å²) in [5, 5.41) is 2.61. The fourth-order valence-corrected chi connectivity index (χ4v) is 2.37. The van der Waals surface area contributed by atoms with Crippen LogP contribution in [0.15, 0.2) is 0 Å². The van der Waals surface area contributed by atoms with Gasteiger partial charge in [0.1, 0.15) is 12.2 Å². The number of alkyl halides is 1. The van der Waals surface area contributed by atoms with Crippen LogP contribution >= 0.6 is 0 Å². The Balaban J connectivity index is 1.91. The summed E-state index contributed by atoms with van der Waals surface area (Å²) in [5.41, 5.74) is 0. The fraction of sp³-hybridized carbons (Fsp3) is 0.818. The number of piperidine rings is 1. The second kappa shape index (κ2) is 5.00. The maximum atomic E-state index is 13.6. The van der Waals surface area contributed by atoms with Crippen LogP contribution in [0.25, 0.3) is 0 Å². The lowest BCUT2D eigenvalue weighted by Crippen LogP contribution is -2.52.